The fraction of sp³-hybridized carbons (Fsp3) is 0.600. The Morgan fingerprint density at radius 1 is 1.29 bits per heavy atom. The van der Waals surface area contributed by atoms with E-state index >= 15 is 0 Å². The third-order valence-corrected chi connectivity index (χ3v) is 1.42. The fourth-order valence-electron chi connectivity index (χ4n) is 0.244. The number of hydrogen-bond donors (Lipinski definition) is 4. The van der Waals surface area contributed by atoms with Crippen LogP contribution in [0.1, 0.15) is 0 Å². The summed E-state index contributed by atoms with van der Waals surface area (Å²) in [5.74, 6) is -3.65. The summed E-state index contributed by atoms with van der Waals surface area (Å²) in [5.41, 5.74) is 5.01. The molecular weight excluding hydrogens is 216 g/mol. The number of rotatable bonds is 3. The summed E-state index contributed by atoms with van der Waals surface area (Å²) < 4.78 is 22.7. The Morgan fingerprint density at radius 2 is 1.64 bits per heavy atom. The molecule has 0 aromatic rings. The molecule has 0 aromatic heterocycles. The third kappa shape index (κ3) is 17.1. The summed E-state index contributed by atoms with van der Waals surface area (Å²) in [4.78, 5) is 18.2. The third-order valence-electron chi connectivity index (χ3n) is 0.692. The zero-order chi connectivity index (χ0) is 11.8. The predicted molar refractivity (Wildman–Crippen MR) is 47.2 cm³/mol. The van der Waals surface area contributed by atoms with Gasteiger partial charge in [-0.15, -0.1) is 0 Å². The van der Waals surface area contributed by atoms with E-state index in [1.807, 2.05) is 0 Å². The molecule has 0 atom stereocenters. The van der Waals surface area contributed by atoms with Crippen LogP contribution in [0, 0.1) is 0 Å². The van der Waals surface area contributed by atoms with Crippen LogP contribution in [0.25, 0.3) is 0 Å². The highest BCUT2D eigenvalue weighted by Gasteiger charge is 2.04. The smallest absolute Gasteiger partial charge is 0.414 e. The van der Waals surface area contributed by atoms with Crippen molar-refractivity contribution in [2.45, 2.75) is 0 Å². The highest BCUT2D eigenvalue weighted by molar-refractivity contribution is 7.88. The standard InChI is InChI=1S/C3H10N2O2S.C2H2O4/c1-8(6,7)5-3-2-4;3-1(4)2(5)6/h5H,2-4H2,1H3;(H,3,4)(H,5,6). The molecule has 0 amide bonds. The summed E-state index contributed by atoms with van der Waals surface area (Å²) >= 11 is 0. The number of aliphatic carboxylic acids is 2. The summed E-state index contributed by atoms with van der Waals surface area (Å²) in [6, 6.07) is 0. The minimum absolute atomic E-state index is 0.318. The normalized spacial score (nSPS) is 9.86. The van der Waals surface area contributed by atoms with Crippen LogP contribution in [0.2, 0.25) is 0 Å². The maximum Gasteiger partial charge on any atom is 0.414 e. The number of carboxylic acid groups (broad SMARTS) is 2. The van der Waals surface area contributed by atoms with Gasteiger partial charge in [-0.2, -0.15) is 0 Å². The van der Waals surface area contributed by atoms with Gasteiger partial charge in [-0.25, -0.2) is 22.7 Å². The van der Waals surface area contributed by atoms with Crippen molar-refractivity contribution in [1.82, 2.24) is 4.72 Å². The van der Waals surface area contributed by atoms with Crippen LogP contribution in [-0.4, -0.2) is 49.9 Å². The number of carbonyl (C=O) groups is 2. The lowest BCUT2D eigenvalue weighted by Gasteiger charge is -1.95. The summed E-state index contributed by atoms with van der Waals surface area (Å²) in [6.07, 6.45) is 1.10. The first-order valence-electron chi connectivity index (χ1n) is 3.31. The second-order valence-electron chi connectivity index (χ2n) is 2.07. The molecule has 0 spiro atoms. The van der Waals surface area contributed by atoms with Crippen LogP contribution in [0.5, 0.6) is 0 Å². The van der Waals surface area contributed by atoms with E-state index in [0.29, 0.717) is 13.1 Å². The van der Waals surface area contributed by atoms with Gasteiger partial charge in [0.15, 0.2) is 0 Å². The first-order chi connectivity index (χ1) is 6.20. The molecular formula is C5H12N2O6S. The van der Waals surface area contributed by atoms with E-state index < -0.39 is 22.0 Å². The zero-order valence-electron chi connectivity index (χ0n) is 7.43. The lowest BCUT2D eigenvalue weighted by molar-refractivity contribution is -0.159. The summed E-state index contributed by atoms with van der Waals surface area (Å²) in [6.45, 7) is 0.659. The summed E-state index contributed by atoms with van der Waals surface area (Å²) in [5, 5.41) is 14.8. The lowest BCUT2D eigenvalue weighted by atomic mass is 10.7. The van der Waals surface area contributed by atoms with Crippen molar-refractivity contribution < 1.29 is 28.2 Å². The Morgan fingerprint density at radius 3 is 1.71 bits per heavy atom. The quantitative estimate of drug-likeness (QED) is 0.395. The van der Waals surface area contributed by atoms with Gasteiger partial charge in [0.1, 0.15) is 0 Å². The molecule has 0 aliphatic rings. The first kappa shape index (κ1) is 15.3. The number of nitrogens with two attached hydrogens (primary N) is 1. The average molecular weight is 228 g/mol. The van der Waals surface area contributed by atoms with E-state index in [1.54, 1.807) is 0 Å². The molecule has 0 unspecified atom stereocenters. The maximum absolute atomic E-state index is 10.2. The molecule has 8 nitrogen and oxygen atoms in total. The van der Waals surface area contributed by atoms with E-state index in [1.165, 1.54) is 0 Å². The number of carboxylic acids is 2. The van der Waals surface area contributed by atoms with Crippen molar-refractivity contribution in [2.24, 2.45) is 5.73 Å². The van der Waals surface area contributed by atoms with Crippen LogP contribution in [0.4, 0.5) is 0 Å². The highest BCUT2D eigenvalue weighted by atomic mass is 32.2. The van der Waals surface area contributed by atoms with Gasteiger partial charge < -0.3 is 15.9 Å². The van der Waals surface area contributed by atoms with Gasteiger partial charge in [0.2, 0.25) is 10.0 Å². The Balaban J connectivity index is 0. The Hall–Kier alpha value is -1.19. The van der Waals surface area contributed by atoms with Gasteiger partial charge in [-0.05, 0) is 0 Å². The van der Waals surface area contributed by atoms with Crippen LogP contribution in [0.3, 0.4) is 0 Å². The second-order valence-corrected chi connectivity index (χ2v) is 3.90. The fourth-order valence-corrected chi connectivity index (χ4v) is 0.733. The van der Waals surface area contributed by atoms with Gasteiger partial charge in [-0.3, -0.25) is 0 Å². The summed E-state index contributed by atoms with van der Waals surface area (Å²) in [7, 11) is -3.02. The van der Waals surface area contributed by atoms with E-state index in [2.05, 4.69) is 4.72 Å². The van der Waals surface area contributed by atoms with Crippen molar-refractivity contribution in [3.63, 3.8) is 0 Å². The second kappa shape index (κ2) is 7.24. The van der Waals surface area contributed by atoms with Gasteiger partial charge in [0, 0.05) is 13.1 Å². The molecule has 0 bridgehead atoms. The van der Waals surface area contributed by atoms with E-state index in [-0.39, 0.29) is 0 Å². The molecule has 0 aliphatic carbocycles. The van der Waals surface area contributed by atoms with E-state index in [4.69, 9.17) is 25.5 Å². The van der Waals surface area contributed by atoms with Crippen LogP contribution in [0.15, 0.2) is 0 Å². The highest BCUT2D eigenvalue weighted by Crippen LogP contribution is 1.68. The lowest BCUT2D eigenvalue weighted by Crippen LogP contribution is -2.27. The minimum Gasteiger partial charge on any atom is -0.473 e. The molecule has 0 aromatic carbocycles. The Kier molecular flexibility index (Phi) is 7.90. The van der Waals surface area contributed by atoms with Crippen LogP contribution < -0.4 is 10.5 Å². The molecule has 0 radical (unpaired) electrons. The number of sulfonamides is 1. The molecule has 0 aliphatic heterocycles. The number of hydrogen-bond acceptors (Lipinski definition) is 5. The Bertz CT molecular complexity index is 273. The van der Waals surface area contributed by atoms with Crippen molar-refractivity contribution in [2.75, 3.05) is 19.3 Å². The van der Waals surface area contributed by atoms with Gasteiger partial charge in [0.05, 0.1) is 6.26 Å². The van der Waals surface area contributed by atoms with Crippen LogP contribution in [-0.2, 0) is 19.6 Å². The van der Waals surface area contributed by atoms with Gasteiger partial charge in [-0.1, -0.05) is 0 Å². The number of nitrogens with one attached hydrogen (secondary N) is 1. The molecule has 14 heavy (non-hydrogen) atoms. The van der Waals surface area contributed by atoms with Crippen molar-refractivity contribution in [3.05, 3.63) is 0 Å². The molecule has 9 heteroatoms. The van der Waals surface area contributed by atoms with Gasteiger partial charge in [0.25, 0.3) is 0 Å². The minimum atomic E-state index is -3.02. The maximum atomic E-state index is 10.2. The Labute approximate surface area is 80.8 Å². The first-order valence-corrected chi connectivity index (χ1v) is 5.20. The monoisotopic (exact) mass is 228 g/mol. The molecule has 84 valence electrons. The molecule has 0 saturated carbocycles. The van der Waals surface area contributed by atoms with Crippen molar-refractivity contribution in [3.8, 4) is 0 Å². The molecule has 0 heterocycles. The van der Waals surface area contributed by atoms with Crippen molar-refractivity contribution in [1.29, 1.82) is 0 Å². The zero-order valence-corrected chi connectivity index (χ0v) is 8.24. The predicted octanol–water partition coefficient (Wildman–Crippen LogP) is -2.35. The van der Waals surface area contributed by atoms with Crippen LogP contribution >= 0.6 is 0 Å². The molecule has 0 fully saturated rings. The SMILES string of the molecule is CS(=O)(=O)NCCN.O=C(O)C(=O)O. The topological polar surface area (TPSA) is 147 Å². The molecule has 0 rings (SSSR count). The molecule has 5 N–H and O–H groups in total. The van der Waals surface area contributed by atoms with E-state index in [0.717, 1.165) is 6.26 Å². The molecule has 0 saturated heterocycles. The average Bonchev–Trinajstić information content (AvgIpc) is 2.00. The van der Waals surface area contributed by atoms with E-state index in [9.17, 15) is 8.42 Å². The van der Waals surface area contributed by atoms with Gasteiger partial charge >= 0.3 is 11.9 Å². The van der Waals surface area contributed by atoms with Crippen molar-refractivity contribution >= 4 is 22.0 Å². The largest absolute Gasteiger partial charge is 0.473 e.